The van der Waals surface area contributed by atoms with Gasteiger partial charge in [-0.05, 0) is 42.5 Å². The Labute approximate surface area is 179 Å². The number of halogens is 4. The van der Waals surface area contributed by atoms with Crippen LogP contribution in [0.1, 0.15) is 15.9 Å². The van der Waals surface area contributed by atoms with Gasteiger partial charge in [-0.3, -0.25) is 0 Å². The molecular formula is C21H14ClF3N2O4. The number of hydrogen-bond donors (Lipinski definition) is 3. The fourth-order valence-corrected chi connectivity index (χ4v) is 2.84. The third-order valence-electron chi connectivity index (χ3n) is 4.00. The Balaban J connectivity index is 1.79. The van der Waals surface area contributed by atoms with E-state index in [1.807, 2.05) is 0 Å². The van der Waals surface area contributed by atoms with Crippen LogP contribution in [-0.4, -0.2) is 17.1 Å². The van der Waals surface area contributed by atoms with Gasteiger partial charge in [0.15, 0.2) is 5.75 Å². The second-order valence-electron chi connectivity index (χ2n) is 6.17. The molecule has 3 rings (SSSR count). The maximum Gasteiger partial charge on any atom is 0.417 e. The van der Waals surface area contributed by atoms with Crippen molar-refractivity contribution in [2.45, 2.75) is 6.18 Å². The zero-order valence-electron chi connectivity index (χ0n) is 15.5. The van der Waals surface area contributed by atoms with Gasteiger partial charge in [0.1, 0.15) is 11.3 Å². The first-order valence-electron chi connectivity index (χ1n) is 8.69. The predicted octanol–water partition coefficient (Wildman–Crippen LogP) is 6.49. The number of aromatic carboxylic acids is 1. The summed E-state index contributed by atoms with van der Waals surface area (Å²) in [5, 5.41) is 13.5. The smallest absolute Gasteiger partial charge is 0.417 e. The number of carbonyl (C=O) groups excluding carboxylic acids is 1. The second kappa shape index (κ2) is 8.97. The summed E-state index contributed by atoms with van der Waals surface area (Å²) in [5.41, 5.74) is -1.11. The highest BCUT2D eigenvalue weighted by Gasteiger charge is 2.33. The molecule has 0 atom stereocenters. The third kappa shape index (κ3) is 5.46. The number of alkyl halides is 3. The Bertz CT molecular complexity index is 1140. The van der Waals surface area contributed by atoms with Crippen LogP contribution in [0.2, 0.25) is 5.02 Å². The fourth-order valence-electron chi connectivity index (χ4n) is 2.61. The van der Waals surface area contributed by atoms with E-state index in [1.54, 1.807) is 18.2 Å². The average Bonchev–Trinajstić information content (AvgIpc) is 2.70. The summed E-state index contributed by atoms with van der Waals surface area (Å²) in [6, 6.07) is 14.3. The minimum Gasteiger partial charge on any atom is -0.478 e. The van der Waals surface area contributed by atoms with E-state index in [4.69, 9.17) is 16.3 Å². The summed E-state index contributed by atoms with van der Waals surface area (Å²) in [7, 11) is 0. The van der Waals surface area contributed by atoms with Gasteiger partial charge in [-0.2, -0.15) is 13.2 Å². The molecule has 0 fully saturated rings. The molecule has 6 nitrogen and oxygen atoms in total. The van der Waals surface area contributed by atoms with Crippen molar-refractivity contribution in [3.8, 4) is 11.5 Å². The van der Waals surface area contributed by atoms with Crippen LogP contribution in [0.4, 0.5) is 29.3 Å². The molecule has 0 aliphatic carbocycles. The van der Waals surface area contributed by atoms with Gasteiger partial charge in [0.05, 0.1) is 16.3 Å². The van der Waals surface area contributed by atoms with Crippen molar-refractivity contribution in [3.05, 3.63) is 82.9 Å². The molecule has 0 unspecified atom stereocenters. The van der Waals surface area contributed by atoms with E-state index < -0.39 is 28.8 Å². The van der Waals surface area contributed by atoms with E-state index in [-0.39, 0.29) is 28.4 Å². The maximum absolute atomic E-state index is 13.0. The zero-order valence-corrected chi connectivity index (χ0v) is 16.3. The van der Waals surface area contributed by atoms with Crippen LogP contribution in [-0.2, 0) is 6.18 Å². The first-order chi connectivity index (χ1) is 14.6. The quantitative estimate of drug-likeness (QED) is 0.414. The number of para-hydroxylation sites is 3. The summed E-state index contributed by atoms with van der Waals surface area (Å²) in [6.45, 7) is 0. The van der Waals surface area contributed by atoms with Gasteiger partial charge in [0.2, 0.25) is 0 Å². The molecule has 31 heavy (non-hydrogen) atoms. The van der Waals surface area contributed by atoms with Crippen molar-refractivity contribution in [3.63, 3.8) is 0 Å². The van der Waals surface area contributed by atoms with Gasteiger partial charge in [0.25, 0.3) is 0 Å². The molecular weight excluding hydrogens is 437 g/mol. The Hall–Kier alpha value is -3.72. The Morgan fingerprint density at radius 2 is 1.55 bits per heavy atom. The molecule has 0 spiro atoms. The van der Waals surface area contributed by atoms with Crippen molar-refractivity contribution in [2.24, 2.45) is 0 Å². The average molecular weight is 451 g/mol. The fraction of sp³-hybridized carbons (Fsp3) is 0.0476. The number of hydrogen-bond acceptors (Lipinski definition) is 3. The standard InChI is InChI=1S/C21H14ClF3N2O4/c22-15-10-9-12(11-14(15)21(23,24)25)26-20(30)27-16-6-2-4-8-18(16)31-17-7-3-1-5-13(17)19(28)29/h1-11H,(H,28,29)(H2,26,27,30). The van der Waals surface area contributed by atoms with Crippen LogP contribution >= 0.6 is 11.6 Å². The van der Waals surface area contributed by atoms with E-state index in [9.17, 15) is 27.9 Å². The molecule has 3 aromatic rings. The van der Waals surface area contributed by atoms with E-state index in [0.717, 1.165) is 6.07 Å². The van der Waals surface area contributed by atoms with Gasteiger partial charge < -0.3 is 20.5 Å². The minimum atomic E-state index is -4.68. The molecule has 0 heterocycles. The normalized spacial score (nSPS) is 11.0. The monoisotopic (exact) mass is 450 g/mol. The Kier molecular flexibility index (Phi) is 6.36. The minimum absolute atomic E-state index is 0.0529. The van der Waals surface area contributed by atoms with Crippen molar-refractivity contribution in [1.82, 2.24) is 0 Å². The number of ether oxygens (including phenoxy) is 1. The van der Waals surface area contributed by atoms with E-state index in [1.165, 1.54) is 36.4 Å². The lowest BCUT2D eigenvalue weighted by atomic mass is 10.2. The summed E-state index contributed by atoms with van der Waals surface area (Å²) >= 11 is 5.57. The number of nitrogens with one attached hydrogen (secondary N) is 2. The van der Waals surface area contributed by atoms with Crippen molar-refractivity contribution in [1.29, 1.82) is 0 Å². The SMILES string of the molecule is O=C(Nc1ccc(Cl)c(C(F)(F)F)c1)Nc1ccccc1Oc1ccccc1C(=O)O. The highest BCUT2D eigenvalue weighted by Crippen LogP contribution is 2.36. The molecule has 0 aliphatic rings. The van der Waals surface area contributed by atoms with Gasteiger partial charge in [-0.15, -0.1) is 0 Å². The Morgan fingerprint density at radius 1 is 0.903 bits per heavy atom. The lowest BCUT2D eigenvalue weighted by molar-refractivity contribution is -0.137. The summed E-state index contributed by atoms with van der Waals surface area (Å²) in [5.74, 6) is -1.00. The molecule has 2 amide bonds. The predicted molar refractivity (Wildman–Crippen MR) is 109 cm³/mol. The summed E-state index contributed by atoms with van der Waals surface area (Å²) in [6.07, 6.45) is -4.68. The molecule has 0 radical (unpaired) electrons. The highest BCUT2D eigenvalue weighted by molar-refractivity contribution is 6.31. The van der Waals surface area contributed by atoms with E-state index in [0.29, 0.717) is 6.07 Å². The molecule has 3 N–H and O–H groups in total. The van der Waals surface area contributed by atoms with Crippen LogP contribution in [0.5, 0.6) is 11.5 Å². The molecule has 0 saturated heterocycles. The number of anilines is 2. The molecule has 0 bridgehead atoms. The van der Waals surface area contributed by atoms with E-state index >= 15 is 0 Å². The number of benzene rings is 3. The molecule has 0 saturated carbocycles. The molecule has 0 aliphatic heterocycles. The van der Waals surface area contributed by atoms with Gasteiger partial charge in [0, 0.05) is 5.69 Å². The Morgan fingerprint density at radius 3 is 2.23 bits per heavy atom. The first kappa shape index (κ1) is 22.0. The van der Waals surface area contributed by atoms with Crippen LogP contribution in [0.3, 0.4) is 0 Å². The zero-order chi connectivity index (χ0) is 22.6. The molecule has 10 heteroatoms. The summed E-state index contributed by atoms with van der Waals surface area (Å²) < 4.78 is 44.6. The summed E-state index contributed by atoms with van der Waals surface area (Å²) in [4.78, 5) is 23.7. The molecule has 0 aromatic heterocycles. The number of carboxylic acids is 1. The number of amides is 2. The van der Waals surface area contributed by atoms with Crippen LogP contribution in [0.25, 0.3) is 0 Å². The van der Waals surface area contributed by atoms with Crippen molar-refractivity contribution in [2.75, 3.05) is 10.6 Å². The number of rotatable bonds is 5. The lowest BCUT2D eigenvalue weighted by Gasteiger charge is -2.15. The topological polar surface area (TPSA) is 87.7 Å². The lowest BCUT2D eigenvalue weighted by Crippen LogP contribution is -2.20. The molecule has 3 aromatic carbocycles. The van der Waals surface area contributed by atoms with Crippen LogP contribution < -0.4 is 15.4 Å². The maximum atomic E-state index is 13.0. The van der Waals surface area contributed by atoms with Crippen LogP contribution in [0, 0.1) is 0 Å². The van der Waals surface area contributed by atoms with Crippen molar-refractivity contribution < 1.29 is 32.6 Å². The van der Waals surface area contributed by atoms with E-state index in [2.05, 4.69) is 10.6 Å². The largest absolute Gasteiger partial charge is 0.478 e. The number of urea groups is 1. The third-order valence-corrected chi connectivity index (χ3v) is 4.33. The first-order valence-corrected chi connectivity index (χ1v) is 9.07. The van der Waals surface area contributed by atoms with Gasteiger partial charge in [-0.25, -0.2) is 9.59 Å². The highest BCUT2D eigenvalue weighted by atomic mass is 35.5. The molecule has 160 valence electrons. The van der Waals surface area contributed by atoms with Gasteiger partial charge >= 0.3 is 18.2 Å². The number of carboxylic acid groups (broad SMARTS) is 1. The van der Waals surface area contributed by atoms with Crippen LogP contribution in [0.15, 0.2) is 66.7 Å². The van der Waals surface area contributed by atoms with Crippen molar-refractivity contribution >= 4 is 35.0 Å². The number of carbonyl (C=O) groups is 2. The second-order valence-corrected chi connectivity index (χ2v) is 6.58. The van der Waals surface area contributed by atoms with Gasteiger partial charge in [-0.1, -0.05) is 35.9 Å².